The van der Waals surface area contributed by atoms with E-state index in [2.05, 4.69) is 34.7 Å². The SMILES string of the molecule is CNC(C)c1cccc(OCCCCCOCCCOCCOc2cccc(C(=O)c3cnc(C4CCCN4C(=O)[C@@H](NC(=O)C(C)N(C)C(=O)OC(C)(C)C)C4CCCCC4)s3)c2)c1. The van der Waals surface area contributed by atoms with Crippen LogP contribution in [-0.2, 0) is 23.8 Å². The first kappa shape index (κ1) is 51.4. The third kappa shape index (κ3) is 16.1. The van der Waals surface area contributed by atoms with Crippen molar-refractivity contribution in [3.05, 3.63) is 75.7 Å². The molecule has 2 N–H and O–H groups in total. The standard InChI is InChI=1S/C50H73N5O9S/c1-35(51-6)38-20-14-22-40(32-38)62-29-13-9-12-26-60-27-17-28-61-30-31-63-41-23-15-21-39(33-41)45(56)43-34-52-47(65-43)42-24-16-25-55(42)48(58)44(37-18-10-8-11-19-37)53-46(57)36(2)54(7)49(59)64-50(3,4)5/h14-15,20-23,32-37,42,44,51H,8-13,16-19,24-31H2,1-7H3,(H,53,57)/t35?,36?,42?,44-/m0/s1. The first-order valence-corrected chi connectivity index (χ1v) is 24.4. The van der Waals surface area contributed by atoms with Gasteiger partial charge in [-0.2, -0.15) is 0 Å². The molecular formula is C50H73N5O9S. The minimum absolute atomic E-state index is 0.0186. The van der Waals surface area contributed by atoms with Crippen LogP contribution < -0.4 is 20.1 Å². The van der Waals surface area contributed by atoms with Crippen molar-refractivity contribution in [2.24, 2.45) is 5.92 Å². The monoisotopic (exact) mass is 920 g/mol. The van der Waals surface area contributed by atoms with Crippen LogP contribution in [-0.4, -0.2) is 116 Å². The van der Waals surface area contributed by atoms with E-state index in [9.17, 15) is 19.2 Å². The van der Waals surface area contributed by atoms with Gasteiger partial charge in [-0.15, -0.1) is 11.3 Å². The Bertz CT molecular complexity index is 1960. The molecule has 2 aliphatic rings. The molecule has 1 saturated heterocycles. The summed E-state index contributed by atoms with van der Waals surface area (Å²) in [5, 5.41) is 7.00. The second-order valence-electron chi connectivity index (χ2n) is 18.2. The number of carbonyl (C=O) groups excluding carboxylic acids is 4. The van der Waals surface area contributed by atoms with Crippen LogP contribution in [0.5, 0.6) is 11.5 Å². The number of carbonyl (C=O) groups is 4. The largest absolute Gasteiger partial charge is 0.494 e. The first-order chi connectivity index (χ1) is 31.3. The molecule has 0 spiro atoms. The number of thiazole rings is 1. The summed E-state index contributed by atoms with van der Waals surface area (Å²) in [6, 6.07) is 13.7. The topological polar surface area (TPSA) is 158 Å². The van der Waals surface area contributed by atoms with Gasteiger partial charge in [-0.1, -0.05) is 43.5 Å². The number of likely N-dealkylation sites (N-methyl/N-ethyl adjacent to an activating group) is 1. The van der Waals surface area contributed by atoms with Gasteiger partial charge in [-0.05, 0) is 129 Å². The van der Waals surface area contributed by atoms with E-state index in [4.69, 9.17) is 23.7 Å². The molecule has 0 bridgehead atoms. The van der Waals surface area contributed by atoms with Crippen LogP contribution >= 0.6 is 11.3 Å². The molecule has 3 amide bonds. The summed E-state index contributed by atoms with van der Waals surface area (Å²) in [5.74, 6) is 0.741. The number of aromatic nitrogens is 1. The van der Waals surface area contributed by atoms with E-state index in [0.717, 1.165) is 76.6 Å². The van der Waals surface area contributed by atoms with Gasteiger partial charge < -0.3 is 39.2 Å². The summed E-state index contributed by atoms with van der Waals surface area (Å²) in [7, 11) is 3.48. The molecule has 1 aromatic heterocycles. The number of hydrogen-bond donors (Lipinski definition) is 2. The quantitative estimate of drug-likeness (QED) is 0.0619. The highest BCUT2D eigenvalue weighted by Crippen LogP contribution is 2.37. The van der Waals surface area contributed by atoms with Gasteiger partial charge in [0, 0.05) is 51.2 Å². The molecule has 1 saturated carbocycles. The highest BCUT2D eigenvalue weighted by molar-refractivity contribution is 7.13. The second-order valence-corrected chi connectivity index (χ2v) is 19.2. The number of unbranched alkanes of at least 4 members (excludes halogenated alkanes) is 2. The van der Waals surface area contributed by atoms with Crippen molar-refractivity contribution >= 4 is 35.0 Å². The average Bonchev–Trinajstić information content (AvgIpc) is 4.00. The number of hydrogen-bond acceptors (Lipinski definition) is 12. The molecular weight excluding hydrogens is 847 g/mol. The smallest absolute Gasteiger partial charge is 0.410 e. The van der Waals surface area contributed by atoms with Crippen molar-refractivity contribution in [1.29, 1.82) is 0 Å². The lowest BCUT2D eigenvalue weighted by atomic mass is 9.83. The molecule has 2 aromatic carbocycles. The van der Waals surface area contributed by atoms with Crippen LogP contribution in [0.1, 0.15) is 143 Å². The predicted molar refractivity (Wildman–Crippen MR) is 253 cm³/mol. The number of ketones is 1. The summed E-state index contributed by atoms with van der Waals surface area (Å²) >= 11 is 1.30. The van der Waals surface area contributed by atoms with Crippen LogP contribution in [0.2, 0.25) is 0 Å². The van der Waals surface area contributed by atoms with Gasteiger partial charge in [0.05, 0.1) is 24.1 Å². The number of nitrogens with zero attached hydrogens (tertiary/aromatic N) is 3. The van der Waals surface area contributed by atoms with Gasteiger partial charge in [-0.25, -0.2) is 9.78 Å². The van der Waals surface area contributed by atoms with Gasteiger partial charge in [0.15, 0.2) is 0 Å². The molecule has 14 nitrogen and oxygen atoms in total. The van der Waals surface area contributed by atoms with E-state index < -0.39 is 29.7 Å². The predicted octanol–water partition coefficient (Wildman–Crippen LogP) is 8.69. The van der Waals surface area contributed by atoms with Gasteiger partial charge >= 0.3 is 6.09 Å². The van der Waals surface area contributed by atoms with E-state index in [0.29, 0.717) is 67.2 Å². The maximum atomic E-state index is 14.5. The Kier molecular flexibility index (Phi) is 20.5. The first-order valence-electron chi connectivity index (χ1n) is 23.6. The summed E-state index contributed by atoms with van der Waals surface area (Å²) in [6.45, 7) is 13.0. The van der Waals surface area contributed by atoms with E-state index >= 15 is 0 Å². The number of benzene rings is 2. The van der Waals surface area contributed by atoms with E-state index in [1.165, 1.54) is 28.8 Å². The number of likely N-dealkylation sites (tertiary alicyclic amines) is 1. The molecule has 3 aromatic rings. The van der Waals surface area contributed by atoms with E-state index in [1.807, 2.05) is 30.1 Å². The fraction of sp³-hybridized carbons (Fsp3) is 0.620. The van der Waals surface area contributed by atoms with Crippen LogP contribution in [0.3, 0.4) is 0 Å². The highest BCUT2D eigenvalue weighted by Gasteiger charge is 2.41. The fourth-order valence-electron chi connectivity index (χ4n) is 8.07. The van der Waals surface area contributed by atoms with Crippen LogP contribution in [0.4, 0.5) is 4.79 Å². The molecule has 1 aliphatic heterocycles. The Labute approximate surface area is 390 Å². The molecule has 358 valence electrons. The molecule has 0 radical (unpaired) electrons. The molecule has 3 unspecified atom stereocenters. The summed E-state index contributed by atoms with van der Waals surface area (Å²) in [5.41, 5.74) is 0.988. The summed E-state index contributed by atoms with van der Waals surface area (Å²) < 4.78 is 28.9. The summed E-state index contributed by atoms with van der Waals surface area (Å²) in [4.78, 5) is 62.8. The lowest BCUT2D eigenvalue weighted by molar-refractivity contribution is -0.140. The van der Waals surface area contributed by atoms with Gasteiger partial charge in [0.2, 0.25) is 17.6 Å². The molecule has 4 atom stereocenters. The number of amides is 3. The van der Waals surface area contributed by atoms with E-state index in [1.54, 1.807) is 52.1 Å². The van der Waals surface area contributed by atoms with Gasteiger partial charge in [0.25, 0.3) is 0 Å². The van der Waals surface area contributed by atoms with Crippen molar-refractivity contribution in [2.45, 2.75) is 135 Å². The molecule has 2 heterocycles. The Morgan fingerprint density at radius 1 is 0.831 bits per heavy atom. The second kappa shape index (κ2) is 25.9. The van der Waals surface area contributed by atoms with Crippen LogP contribution in [0.15, 0.2) is 54.7 Å². The molecule has 2 fully saturated rings. The van der Waals surface area contributed by atoms with Crippen molar-refractivity contribution in [3.63, 3.8) is 0 Å². The minimum Gasteiger partial charge on any atom is -0.494 e. The third-order valence-corrected chi connectivity index (χ3v) is 13.2. The normalized spacial score (nSPS) is 17.0. The maximum Gasteiger partial charge on any atom is 0.410 e. The number of rotatable bonds is 25. The Morgan fingerprint density at radius 2 is 1.51 bits per heavy atom. The van der Waals surface area contributed by atoms with Crippen molar-refractivity contribution in [1.82, 2.24) is 25.4 Å². The molecule has 5 rings (SSSR count). The number of nitrogens with one attached hydrogen (secondary N) is 2. The lowest BCUT2D eigenvalue weighted by Gasteiger charge is -2.36. The average molecular weight is 920 g/mol. The molecule has 65 heavy (non-hydrogen) atoms. The van der Waals surface area contributed by atoms with Crippen molar-refractivity contribution in [3.8, 4) is 11.5 Å². The maximum absolute atomic E-state index is 14.5. The Balaban J connectivity index is 1.02. The van der Waals surface area contributed by atoms with Crippen LogP contribution in [0, 0.1) is 5.92 Å². The zero-order valence-electron chi connectivity index (χ0n) is 39.7. The third-order valence-electron chi connectivity index (χ3n) is 12.1. The fourth-order valence-corrected chi connectivity index (χ4v) is 9.10. The van der Waals surface area contributed by atoms with Crippen LogP contribution in [0.25, 0.3) is 0 Å². The highest BCUT2D eigenvalue weighted by atomic mass is 32.1. The van der Waals surface area contributed by atoms with Gasteiger partial charge in [0.1, 0.15) is 40.8 Å². The Hall–Kier alpha value is -4.57. The van der Waals surface area contributed by atoms with E-state index in [-0.39, 0.29) is 29.7 Å². The van der Waals surface area contributed by atoms with Crippen molar-refractivity contribution < 1.29 is 42.9 Å². The molecule has 15 heteroatoms. The van der Waals surface area contributed by atoms with Crippen molar-refractivity contribution in [2.75, 3.05) is 60.3 Å². The van der Waals surface area contributed by atoms with Gasteiger partial charge in [-0.3, -0.25) is 19.3 Å². The molecule has 1 aliphatic carbocycles. The number of ether oxygens (including phenoxy) is 5. The zero-order chi connectivity index (χ0) is 46.8. The summed E-state index contributed by atoms with van der Waals surface area (Å²) in [6.07, 6.45) is 11.0. The minimum atomic E-state index is -0.848. The Morgan fingerprint density at radius 3 is 2.25 bits per heavy atom. The zero-order valence-corrected chi connectivity index (χ0v) is 40.6. The lowest BCUT2D eigenvalue weighted by Crippen LogP contribution is -2.56.